The number of aryl methyl sites for hydroxylation is 1. The van der Waals surface area contributed by atoms with Crippen LogP contribution < -0.4 is 10.2 Å². The maximum atomic E-state index is 12.7. The molecule has 5 rings (SSSR count). The van der Waals surface area contributed by atoms with Gasteiger partial charge in [-0.3, -0.25) is 9.78 Å². The first kappa shape index (κ1) is 23.5. The van der Waals surface area contributed by atoms with Crippen LogP contribution >= 0.6 is 0 Å². The van der Waals surface area contributed by atoms with Crippen molar-refractivity contribution in [1.29, 1.82) is 0 Å². The van der Waals surface area contributed by atoms with Crippen LogP contribution in [-0.2, 0) is 13.0 Å². The van der Waals surface area contributed by atoms with Crippen LogP contribution in [0.5, 0.6) is 0 Å². The zero-order chi connectivity index (χ0) is 24.9. The van der Waals surface area contributed by atoms with E-state index >= 15 is 0 Å². The number of pyridine rings is 1. The Morgan fingerprint density at radius 1 is 1.08 bits per heavy atom. The van der Waals surface area contributed by atoms with Crippen LogP contribution in [0.2, 0.25) is 0 Å². The van der Waals surface area contributed by atoms with Gasteiger partial charge in [0, 0.05) is 49.2 Å². The summed E-state index contributed by atoms with van der Waals surface area (Å²) in [7, 11) is 0. The average molecular weight is 480 g/mol. The smallest absolute Gasteiger partial charge is 0.335 e. The third kappa shape index (κ3) is 5.23. The zero-order valence-electron chi connectivity index (χ0n) is 20.1. The molecule has 1 unspecified atom stereocenters. The van der Waals surface area contributed by atoms with Crippen molar-refractivity contribution in [2.75, 3.05) is 18.0 Å². The number of rotatable bonds is 7. The van der Waals surface area contributed by atoms with Gasteiger partial charge in [-0.05, 0) is 77.9 Å². The number of amides is 1. The first-order chi connectivity index (χ1) is 17.6. The fourth-order valence-electron chi connectivity index (χ4n) is 5.01. The summed E-state index contributed by atoms with van der Waals surface area (Å²) in [5, 5.41) is 12.5. The summed E-state index contributed by atoms with van der Waals surface area (Å²) in [6.07, 6.45) is 12.7. The molecule has 2 aromatic carbocycles. The summed E-state index contributed by atoms with van der Waals surface area (Å²) in [4.78, 5) is 30.7. The Labute approximate surface area is 211 Å². The standard InChI is InChI=1S/C30H29N3O3/c34-29(32-19-21-13-15-31-16-14-21)25-11-12-28-24(18-25)4-3-17-33(28)20-22-7-9-23(10-8-22)26-5-1-2-6-27(26)30(35)36/h1-2,5-9,11-16,18,23H,3-4,10,17,19-20H2,(H,32,34)(H,35,36). The number of carbonyl (C=O) groups is 2. The van der Waals surface area contributed by atoms with Crippen molar-refractivity contribution in [1.82, 2.24) is 10.3 Å². The molecule has 0 fully saturated rings. The third-order valence-electron chi connectivity index (χ3n) is 6.90. The number of allylic oxidation sites excluding steroid dienone is 2. The Balaban J connectivity index is 1.24. The quantitative estimate of drug-likeness (QED) is 0.491. The molecule has 182 valence electrons. The van der Waals surface area contributed by atoms with E-state index in [1.54, 1.807) is 24.5 Å². The van der Waals surface area contributed by atoms with Gasteiger partial charge in [0.25, 0.3) is 5.91 Å². The molecule has 1 amide bonds. The van der Waals surface area contributed by atoms with Gasteiger partial charge < -0.3 is 15.3 Å². The van der Waals surface area contributed by atoms with Crippen LogP contribution in [0.25, 0.3) is 0 Å². The predicted octanol–water partition coefficient (Wildman–Crippen LogP) is 5.13. The molecule has 2 heterocycles. The lowest BCUT2D eigenvalue weighted by Gasteiger charge is -2.32. The molecule has 36 heavy (non-hydrogen) atoms. The van der Waals surface area contributed by atoms with Crippen LogP contribution in [0.15, 0.2) is 90.8 Å². The topological polar surface area (TPSA) is 82.5 Å². The number of carboxylic acids is 1. The van der Waals surface area contributed by atoms with Crippen LogP contribution in [0.4, 0.5) is 5.69 Å². The van der Waals surface area contributed by atoms with Crippen molar-refractivity contribution in [2.24, 2.45) is 0 Å². The molecular weight excluding hydrogens is 450 g/mol. The molecule has 2 N–H and O–H groups in total. The molecule has 6 heteroatoms. The number of aromatic carboxylic acids is 1. The van der Waals surface area contributed by atoms with E-state index in [9.17, 15) is 14.7 Å². The molecule has 0 saturated heterocycles. The minimum absolute atomic E-state index is 0.0719. The molecular formula is C30H29N3O3. The molecule has 0 spiro atoms. The highest BCUT2D eigenvalue weighted by Gasteiger charge is 2.22. The number of nitrogens with one attached hydrogen (secondary N) is 1. The number of anilines is 1. The highest BCUT2D eigenvalue weighted by Crippen LogP contribution is 2.32. The van der Waals surface area contributed by atoms with Crippen molar-refractivity contribution in [3.05, 3.63) is 119 Å². The van der Waals surface area contributed by atoms with Crippen molar-refractivity contribution in [3.8, 4) is 0 Å². The van der Waals surface area contributed by atoms with Crippen LogP contribution in [0, 0.1) is 0 Å². The largest absolute Gasteiger partial charge is 0.478 e. The van der Waals surface area contributed by atoms with Gasteiger partial charge in [-0.15, -0.1) is 0 Å². The Bertz CT molecular complexity index is 1330. The van der Waals surface area contributed by atoms with Crippen LogP contribution in [0.1, 0.15) is 56.2 Å². The first-order valence-corrected chi connectivity index (χ1v) is 12.3. The monoisotopic (exact) mass is 479 g/mol. The second-order valence-corrected chi connectivity index (χ2v) is 9.28. The fraction of sp³-hybridized carbons (Fsp3) is 0.233. The average Bonchev–Trinajstić information content (AvgIpc) is 2.92. The third-order valence-corrected chi connectivity index (χ3v) is 6.90. The van der Waals surface area contributed by atoms with Gasteiger partial charge in [-0.2, -0.15) is 0 Å². The van der Waals surface area contributed by atoms with Gasteiger partial charge in [0.1, 0.15) is 0 Å². The van der Waals surface area contributed by atoms with Gasteiger partial charge >= 0.3 is 5.97 Å². The first-order valence-electron chi connectivity index (χ1n) is 12.3. The van der Waals surface area contributed by atoms with E-state index in [4.69, 9.17) is 0 Å². The number of hydrogen-bond acceptors (Lipinski definition) is 4. The number of aromatic nitrogens is 1. The molecule has 0 saturated carbocycles. The molecule has 6 nitrogen and oxygen atoms in total. The summed E-state index contributed by atoms with van der Waals surface area (Å²) < 4.78 is 0. The summed E-state index contributed by atoms with van der Waals surface area (Å²) in [6.45, 7) is 2.24. The summed E-state index contributed by atoms with van der Waals surface area (Å²) in [6, 6.07) is 17.0. The molecule has 0 radical (unpaired) electrons. The zero-order valence-corrected chi connectivity index (χ0v) is 20.1. The Morgan fingerprint density at radius 3 is 2.69 bits per heavy atom. The van der Waals surface area contributed by atoms with E-state index in [0.717, 1.165) is 43.5 Å². The van der Waals surface area contributed by atoms with Crippen molar-refractivity contribution in [3.63, 3.8) is 0 Å². The van der Waals surface area contributed by atoms with Crippen molar-refractivity contribution >= 4 is 17.6 Å². The highest BCUT2D eigenvalue weighted by molar-refractivity contribution is 5.95. The summed E-state index contributed by atoms with van der Waals surface area (Å²) >= 11 is 0. The number of benzene rings is 2. The lowest BCUT2D eigenvalue weighted by molar-refractivity contribution is 0.0695. The maximum Gasteiger partial charge on any atom is 0.335 e. The minimum Gasteiger partial charge on any atom is -0.478 e. The fourth-order valence-corrected chi connectivity index (χ4v) is 5.01. The van der Waals surface area contributed by atoms with E-state index in [1.807, 2.05) is 36.4 Å². The van der Waals surface area contributed by atoms with Crippen LogP contribution in [-0.4, -0.2) is 35.1 Å². The molecule has 1 aliphatic heterocycles. The molecule has 1 atom stereocenters. The SMILES string of the molecule is O=C(NCc1ccncc1)c1ccc2c(c1)CCCN2CC1=CCC(c2ccccc2C(=O)O)C=C1. The van der Waals surface area contributed by atoms with E-state index in [-0.39, 0.29) is 11.8 Å². The van der Waals surface area contributed by atoms with Gasteiger partial charge in [0.05, 0.1) is 5.56 Å². The normalized spacial score (nSPS) is 16.7. The van der Waals surface area contributed by atoms with Gasteiger partial charge in [0.15, 0.2) is 0 Å². The Morgan fingerprint density at radius 2 is 1.92 bits per heavy atom. The number of fused-ring (bicyclic) bond motifs is 1. The molecule has 0 bridgehead atoms. The predicted molar refractivity (Wildman–Crippen MR) is 140 cm³/mol. The van der Waals surface area contributed by atoms with E-state index < -0.39 is 5.97 Å². The van der Waals surface area contributed by atoms with Crippen molar-refractivity contribution in [2.45, 2.75) is 31.7 Å². The van der Waals surface area contributed by atoms with E-state index in [2.05, 4.69) is 39.5 Å². The minimum atomic E-state index is -0.885. The van der Waals surface area contributed by atoms with Gasteiger partial charge in [-0.1, -0.05) is 36.4 Å². The molecule has 3 aromatic rings. The van der Waals surface area contributed by atoms with Crippen molar-refractivity contribution < 1.29 is 14.7 Å². The number of carboxylic acid groups (broad SMARTS) is 1. The second kappa shape index (κ2) is 10.6. The second-order valence-electron chi connectivity index (χ2n) is 9.28. The number of nitrogens with zero attached hydrogens (tertiary/aromatic N) is 2. The van der Waals surface area contributed by atoms with Gasteiger partial charge in [0.2, 0.25) is 0 Å². The number of hydrogen-bond donors (Lipinski definition) is 2. The van der Waals surface area contributed by atoms with Gasteiger partial charge in [-0.25, -0.2) is 4.79 Å². The Kier molecular flexibility index (Phi) is 6.94. The molecule has 2 aliphatic rings. The lowest BCUT2D eigenvalue weighted by Crippen LogP contribution is -2.31. The highest BCUT2D eigenvalue weighted by atomic mass is 16.4. The molecule has 1 aromatic heterocycles. The van der Waals surface area contributed by atoms with E-state index in [1.165, 1.54) is 16.8 Å². The van der Waals surface area contributed by atoms with Crippen LogP contribution in [0.3, 0.4) is 0 Å². The summed E-state index contributed by atoms with van der Waals surface area (Å²) in [5.74, 6) is -0.885. The summed E-state index contributed by atoms with van der Waals surface area (Å²) in [5.41, 5.74) is 6.53. The molecule has 1 aliphatic carbocycles. The Hall–Kier alpha value is -4.19. The van der Waals surface area contributed by atoms with E-state index in [0.29, 0.717) is 17.7 Å². The maximum absolute atomic E-state index is 12.7. The lowest BCUT2D eigenvalue weighted by atomic mass is 9.87. The number of carbonyl (C=O) groups excluding carboxylic acids is 1.